The molecule has 0 radical (unpaired) electrons. The fraction of sp³-hybridized carbons (Fsp3) is 0.462. The second kappa shape index (κ2) is 4.04. The van der Waals surface area contributed by atoms with Crippen LogP contribution in [0.1, 0.15) is 18.4 Å². The number of nitrogens with two attached hydrogens (primary N) is 1. The molecule has 0 heterocycles. The van der Waals surface area contributed by atoms with E-state index in [9.17, 15) is 4.79 Å². The summed E-state index contributed by atoms with van der Waals surface area (Å²) in [6, 6.07) is 5.96. The van der Waals surface area contributed by atoms with Crippen molar-refractivity contribution < 1.29 is 4.79 Å². The number of hydrogen-bond donors (Lipinski definition) is 2. The highest BCUT2D eigenvalue weighted by molar-refractivity contribution is 6.00. The van der Waals surface area contributed by atoms with E-state index in [1.54, 1.807) is 0 Å². The van der Waals surface area contributed by atoms with Crippen LogP contribution in [-0.2, 0) is 4.79 Å². The number of amides is 1. The predicted molar refractivity (Wildman–Crippen MR) is 70.3 cm³/mol. The Morgan fingerprint density at radius 2 is 2.06 bits per heavy atom. The summed E-state index contributed by atoms with van der Waals surface area (Å²) in [5, 5.41) is 2.90. The molecule has 1 aromatic carbocycles. The minimum Gasteiger partial charge on any atom is -0.378 e. The molecule has 0 spiro atoms. The summed E-state index contributed by atoms with van der Waals surface area (Å²) in [5.74, 6) is -0.0711. The summed E-state index contributed by atoms with van der Waals surface area (Å²) >= 11 is 0. The van der Waals surface area contributed by atoms with Crippen LogP contribution >= 0.6 is 0 Å². The normalized spacial score (nSPS) is 16.5. The van der Waals surface area contributed by atoms with Crippen LogP contribution in [0.5, 0.6) is 0 Å². The summed E-state index contributed by atoms with van der Waals surface area (Å²) in [7, 11) is 3.98. The SMILES string of the molecule is Cc1cc(N(C)C)ccc1NC(=O)C1(N)CC1. The van der Waals surface area contributed by atoms with E-state index in [1.165, 1.54) is 0 Å². The van der Waals surface area contributed by atoms with Crippen LogP contribution in [0, 0.1) is 6.92 Å². The van der Waals surface area contributed by atoms with Crippen LogP contribution < -0.4 is 16.0 Å². The van der Waals surface area contributed by atoms with Crippen molar-refractivity contribution in [2.75, 3.05) is 24.3 Å². The first-order chi connectivity index (χ1) is 7.92. The molecular weight excluding hydrogens is 214 g/mol. The number of carbonyl (C=O) groups is 1. The van der Waals surface area contributed by atoms with Crippen LogP contribution in [0.25, 0.3) is 0 Å². The number of rotatable bonds is 3. The zero-order chi connectivity index (χ0) is 12.6. The number of anilines is 2. The minimum absolute atomic E-state index is 0.0711. The van der Waals surface area contributed by atoms with Gasteiger partial charge in [-0.2, -0.15) is 0 Å². The highest BCUT2D eigenvalue weighted by atomic mass is 16.2. The number of carbonyl (C=O) groups excluding carboxylic acids is 1. The van der Waals surface area contributed by atoms with Gasteiger partial charge in [-0.25, -0.2) is 0 Å². The van der Waals surface area contributed by atoms with Gasteiger partial charge < -0.3 is 16.0 Å². The average Bonchev–Trinajstić information content (AvgIpc) is 3.00. The van der Waals surface area contributed by atoms with E-state index in [2.05, 4.69) is 5.32 Å². The topological polar surface area (TPSA) is 58.4 Å². The van der Waals surface area contributed by atoms with Crippen molar-refractivity contribution in [2.24, 2.45) is 5.73 Å². The lowest BCUT2D eigenvalue weighted by Crippen LogP contribution is -2.38. The molecule has 0 unspecified atom stereocenters. The Bertz CT molecular complexity index is 450. The van der Waals surface area contributed by atoms with Gasteiger partial charge in [0.2, 0.25) is 5.91 Å². The molecular formula is C13H19N3O. The molecule has 4 heteroatoms. The molecule has 1 aliphatic carbocycles. The fourth-order valence-electron chi connectivity index (χ4n) is 1.67. The van der Waals surface area contributed by atoms with Gasteiger partial charge in [-0.1, -0.05) is 0 Å². The Morgan fingerprint density at radius 1 is 1.41 bits per heavy atom. The molecule has 0 saturated heterocycles. The van der Waals surface area contributed by atoms with E-state index < -0.39 is 5.54 Å². The Labute approximate surface area is 102 Å². The van der Waals surface area contributed by atoms with E-state index in [4.69, 9.17) is 5.73 Å². The number of nitrogens with one attached hydrogen (secondary N) is 1. The summed E-state index contributed by atoms with van der Waals surface area (Å²) in [6.07, 6.45) is 1.57. The van der Waals surface area contributed by atoms with Gasteiger partial charge in [0.05, 0.1) is 5.54 Å². The third-order valence-electron chi connectivity index (χ3n) is 3.22. The molecule has 2 rings (SSSR count). The first-order valence-corrected chi connectivity index (χ1v) is 5.81. The van der Waals surface area contributed by atoms with Crippen molar-refractivity contribution >= 4 is 17.3 Å². The summed E-state index contributed by atoms with van der Waals surface area (Å²) in [4.78, 5) is 13.9. The van der Waals surface area contributed by atoms with E-state index in [-0.39, 0.29) is 5.91 Å². The lowest BCUT2D eigenvalue weighted by Gasteiger charge is -2.16. The maximum absolute atomic E-state index is 11.8. The summed E-state index contributed by atoms with van der Waals surface area (Å²) in [5.41, 5.74) is 8.24. The monoisotopic (exact) mass is 233 g/mol. The van der Waals surface area contributed by atoms with Gasteiger partial charge >= 0.3 is 0 Å². The van der Waals surface area contributed by atoms with E-state index in [0.29, 0.717) is 0 Å². The van der Waals surface area contributed by atoms with Gasteiger partial charge in [-0.15, -0.1) is 0 Å². The first-order valence-electron chi connectivity index (χ1n) is 5.81. The van der Waals surface area contributed by atoms with Crippen molar-refractivity contribution in [3.05, 3.63) is 23.8 Å². The number of benzene rings is 1. The minimum atomic E-state index is -0.618. The molecule has 92 valence electrons. The number of aryl methyl sites for hydroxylation is 1. The van der Waals surface area contributed by atoms with Gasteiger partial charge in [0, 0.05) is 25.5 Å². The highest BCUT2D eigenvalue weighted by Gasteiger charge is 2.45. The maximum atomic E-state index is 11.8. The third-order valence-corrected chi connectivity index (χ3v) is 3.22. The molecule has 0 aromatic heterocycles. The van der Waals surface area contributed by atoms with Gasteiger partial charge in [0.15, 0.2) is 0 Å². The third kappa shape index (κ3) is 2.42. The molecule has 0 atom stereocenters. The van der Waals surface area contributed by atoms with Crippen LogP contribution in [0.3, 0.4) is 0 Å². The second-order valence-electron chi connectivity index (χ2n) is 5.00. The zero-order valence-corrected chi connectivity index (χ0v) is 10.6. The zero-order valence-electron chi connectivity index (χ0n) is 10.6. The molecule has 17 heavy (non-hydrogen) atoms. The quantitative estimate of drug-likeness (QED) is 0.831. The predicted octanol–water partition coefficient (Wildman–Crippen LogP) is 1.49. The lowest BCUT2D eigenvalue weighted by atomic mass is 10.1. The summed E-state index contributed by atoms with van der Waals surface area (Å²) < 4.78 is 0. The smallest absolute Gasteiger partial charge is 0.244 e. The van der Waals surface area contributed by atoms with Crippen LogP contribution in [-0.4, -0.2) is 25.5 Å². The lowest BCUT2D eigenvalue weighted by molar-refractivity contribution is -0.118. The van der Waals surface area contributed by atoms with Gasteiger partial charge in [-0.05, 0) is 43.5 Å². The molecule has 1 saturated carbocycles. The van der Waals surface area contributed by atoms with Crippen LogP contribution in [0.2, 0.25) is 0 Å². The molecule has 0 bridgehead atoms. The molecule has 4 nitrogen and oxygen atoms in total. The van der Waals surface area contributed by atoms with Gasteiger partial charge in [-0.3, -0.25) is 4.79 Å². The Morgan fingerprint density at radius 3 is 2.53 bits per heavy atom. The largest absolute Gasteiger partial charge is 0.378 e. The van der Waals surface area contributed by atoms with E-state index in [1.807, 2.05) is 44.1 Å². The Balaban J connectivity index is 2.14. The van der Waals surface area contributed by atoms with Crippen molar-refractivity contribution in [2.45, 2.75) is 25.3 Å². The highest BCUT2D eigenvalue weighted by Crippen LogP contribution is 2.34. The summed E-state index contributed by atoms with van der Waals surface area (Å²) in [6.45, 7) is 1.98. The van der Waals surface area contributed by atoms with Crippen LogP contribution in [0.4, 0.5) is 11.4 Å². The second-order valence-corrected chi connectivity index (χ2v) is 5.00. The molecule has 0 aliphatic heterocycles. The molecule has 1 fully saturated rings. The maximum Gasteiger partial charge on any atom is 0.244 e. The number of nitrogens with zero attached hydrogens (tertiary/aromatic N) is 1. The Kier molecular flexibility index (Phi) is 2.83. The standard InChI is InChI=1S/C13H19N3O/c1-9-8-10(16(2)3)4-5-11(9)15-12(17)13(14)6-7-13/h4-5,8H,6-7,14H2,1-3H3,(H,15,17). The van der Waals surface area contributed by atoms with Crippen LogP contribution in [0.15, 0.2) is 18.2 Å². The van der Waals surface area contributed by atoms with Gasteiger partial charge in [0.1, 0.15) is 0 Å². The first kappa shape index (κ1) is 11.9. The molecule has 1 aromatic rings. The van der Waals surface area contributed by atoms with Crippen molar-refractivity contribution in [3.63, 3.8) is 0 Å². The fourth-order valence-corrected chi connectivity index (χ4v) is 1.67. The Hall–Kier alpha value is -1.55. The van der Waals surface area contributed by atoms with E-state index in [0.717, 1.165) is 29.8 Å². The molecule has 1 amide bonds. The van der Waals surface area contributed by atoms with E-state index >= 15 is 0 Å². The van der Waals surface area contributed by atoms with Gasteiger partial charge in [0.25, 0.3) is 0 Å². The molecule has 1 aliphatic rings. The van der Waals surface area contributed by atoms with Crippen molar-refractivity contribution in [1.29, 1.82) is 0 Å². The van der Waals surface area contributed by atoms with Crippen molar-refractivity contribution in [3.8, 4) is 0 Å². The average molecular weight is 233 g/mol. The van der Waals surface area contributed by atoms with Crippen molar-refractivity contribution in [1.82, 2.24) is 0 Å². The number of hydrogen-bond acceptors (Lipinski definition) is 3. The molecule has 3 N–H and O–H groups in total.